The molecule has 1 fully saturated rings. The van der Waals surface area contributed by atoms with Crippen molar-refractivity contribution in [3.63, 3.8) is 0 Å². The lowest BCUT2D eigenvalue weighted by Gasteiger charge is -2.29. The molecule has 0 amide bonds. The van der Waals surface area contributed by atoms with Gasteiger partial charge in [-0.3, -0.25) is 9.97 Å². The molecule has 0 bridgehead atoms. The second-order valence-electron chi connectivity index (χ2n) is 4.02. The van der Waals surface area contributed by atoms with Gasteiger partial charge in [-0.05, 0) is 25.3 Å². The van der Waals surface area contributed by atoms with E-state index >= 15 is 0 Å². The third-order valence-corrected chi connectivity index (χ3v) is 3.17. The minimum Gasteiger partial charge on any atom is -0.330 e. The Kier molecular flexibility index (Phi) is 3.09. The molecule has 1 aliphatic carbocycles. The van der Waals surface area contributed by atoms with Gasteiger partial charge < -0.3 is 5.73 Å². The van der Waals surface area contributed by atoms with E-state index in [1.807, 2.05) is 6.20 Å². The number of aromatic nitrogens is 2. The molecule has 0 radical (unpaired) electrons. The molecule has 1 aliphatic rings. The molecule has 2 atom stereocenters. The second-order valence-corrected chi connectivity index (χ2v) is 4.02. The molecule has 3 nitrogen and oxygen atoms in total. The van der Waals surface area contributed by atoms with Crippen LogP contribution in [0.15, 0.2) is 18.6 Å². The number of nitrogens with two attached hydrogens (primary N) is 1. The molecule has 1 heterocycles. The number of nitrogens with zero attached hydrogens (tertiary/aromatic N) is 2. The van der Waals surface area contributed by atoms with Gasteiger partial charge in [0.1, 0.15) is 0 Å². The van der Waals surface area contributed by atoms with Crippen LogP contribution in [0.25, 0.3) is 0 Å². The Bertz CT molecular complexity index is 273. The van der Waals surface area contributed by atoms with Gasteiger partial charge in [0.05, 0.1) is 5.69 Å². The molecule has 1 saturated carbocycles. The maximum absolute atomic E-state index is 5.78. The summed E-state index contributed by atoms with van der Waals surface area (Å²) in [5.41, 5.74) is 6.91. The van der Waals surface area contributed by atoms with E-state index < -0.39 is 0 Å². The molecule has 1 aromatic rings. The van der Waals surface area contributed by atoms with Crippen molar-refractivity contribution in [2.24, 2.45) is 11.7 Å². The predicted octanol–water partition coefficient (Wildman–Crippen LogP) is 1.71. The molecule has 2 unspecified atom stereocenters. The van der Waals surface area contributed by atoms with Gasteiger partial charge in [-0.25, -0.2) is 0 Å². The van der Waals surface area contributed by atoms with Crippen LogP contribution < -0.4 is 5.73 Å². The van der Waals surface area contributed by atoms with E-state index in [0.29, 0.717) is 11.8 Å². The quantitative estimate of drug-likeness (QED) is 0.774. The first-order valence-corrected chi connectivity index (χ1v) is 5.38. The summed E-state index contributed by atoms with van der Waals surface area (Å²) in [6.45, 7) is 0.779. The lowest BCUT2D eigenvalue weighted by molar-refractivity contribution is 0.309. The fourth-order valence-corrected chi connectivity index (χ4v) is 2.38. The van der Waals surface area contributed by atoms with Gasteiger partial charge in [0.15, 0.2) is 0 Å². The summed E-state index contributed by atoms with van der Waals surface area (Å²) in [5, 5.41) is 0. The van der Waals surface area contributed by atoms with Gasteiger partial charge in [-0.2, -0.15) is 0 Å². The monoisotopic (exact) mass is 191 g/mol. The van der Waals surface area contributed by atoms with Gasteiger partial charge in [-0.15, -0.1) is 0 Å². The minimum absolute atomic E-state index is 0.544. The highest BCUT2D eigenvalue weighted by molar-refractivity contribution is 5.06. The number of hydrogen-bond donors (Lipinski definition) is 1. The normalized spacial score (nSPS) is 27.5. The second kappa shape index (κ2) is 4.51. The summed E-state index contributed by atoms with van der Waals surface area (Å²) in [7, 11) is 0. The zero-order valence-electron chi connectivity index (χ0n) is 8.39. The van der Waals surface area contributed by atoms with Crippen LogP contribution in [-0.4, -0.2) is 16.5 Å². The summed E-state index contributed by atoms with van der Waals surface area (Å²) in [5.74, 6) is 1.16. The maximum atomic E-state index is 5.78. The van der Waals surface area contributed by atoms with Crippen molar-refractivity contribution in [2.75, 3.05) is 6.54 Å². The summed E-state index contributed by atoms with van der Waals surface area (Å²) in [6.07, 6.45) is 10.5. The van der Waals surface area contributed by atoms with Crippen LogP contribution >= 0.6 is 0 Å². The largest absolute Gasteiger partial charge is 0.330 e. The summed E-state index contributed by atoms with van der Waals surface area (Å²) >= 11 is 0. The van der Waals surface area contributed by atoms with Crippen LogP contribution in [-0.2, 0) is 0 Å². The fraction of sp³-hybridized carbons (Fsp3) is 0.636. The third-order valence-electron chi connectivity index (χ3n) is 3.17. The molecule has 76 valence electrons. The Morgan fingerprint density at radius 1 is 1.29 bits per heavy atom. The van der Waals surface area contributed by atoms with Crippen molar-refractivity contribution < 1.29 is 0 Å². The molecule has 0 spiro atoms. The van der Waals surface area contributed by atoms with Crippen molar-refractivity contribution in [3.8, 4) is 0 Å². The fourth-order valence-electron chi connectivity index (χ4n) is 2.38. The Labute approximate surface area is 84.8 Å². The summed E-state index contributed by atoms with van der Waals surface area (Å²) < 4.78 is 0. The zero-order valence-corrected chi connectivity index (χ0v) is 8.39. The predicted molar refractivity (Wildman–Crippen MR) is 55.8 cm³/mol. The molecule has 0 aromatic carbocycles. The SMILES string of the molecule is NCC1CCCCC1c1cnccn1. The van der Waals surface area contributed by atoms with Crippen molar-refractivity contribution in [1.82, 2.24) is 9.97 Å². The first-order chi connectivity index (χ1) is 6.92. The Morgan fingerprint density at radius 3 is 2.86 bits per heavy atom. The molecule has 14 heavy (non-hydrogen) atoms. The van der Waals surface area contributed by atoms with E-state index in [2.05, 4.69) is 9.97 Å². The van der Waals surface area contributed by atoms with Gasteiger partial charge >= 0.3 is 0 Å². The molecular formula is C11H17N3. The van der Waals surface area contributed by atoms with Crippen LogP contribution in [0.2, 0.25) is 0 Å². The topological polar surface area (TPSA) is 51.8 Å². The van der Waals surface area contributed by atoms with Crippen LogP contribution in [0.4, 0.5) is 0 Å². The zero-order chi connectivity index (χ0) is 9.80. The third kappa shape index (κ3) is 1.93. The summed E-state index contributed by atoms with van der Waals surface area (Å²) in [6, 6.07) is 0. The van der Waals surface area contributed by atoms with Crippen LogP contribution in [0.3, 0.4) is 0 Å². The van der Waals surface area contributed by atoms with Gasteiger partial charge in [0, 0.05) is 24.5 Å². The average molecular weight is 191 g/mol. The van der Waals surface area contributed by atoms with Gasteiger partial charge in [-0.1, -0.05) is 12.8 Å². The summed E-state index contributed by atoms with van der Waals surface area (Å²) in [4.78, 5) is 8.51. The van der Waals surface area contributed by atoms with Crippen molar-refractivity contribution in [1.29, 1.82) is 0 Å². The van der Waals surface area contributed by atoms with E-state index in [1.54, 1.807) is 12.4 Å². The molecule has 0 saturated heterocycles. The highest BCUT2D eigenvalue weighted by atomic mass is 14.8. The molecule has 2 rings (SSSR count). The van der Waals surface area contributed by atoms with Gasteiger partial charge in [0.25, 0.3) is 0 Å². The molecule has 3 heteroatoms. The lowest BCUT2D eigenvalue weighted by Crippen LogP contribution is -2.25. The van der Waals surface area contributed by atoms with Crippen molar-refractivity contribution in [3.05, 3.63) is 24.3 Å². The van der Waals surface area contributed by atoms with Gasteiger partial charge in [0.2, 0.25) is 0 Å². The highest BCUT2D eigenvalue weighted by Crippen LogP contribution is 2.35. The smallest absolute Gasteiger partial charge is 0.0620 e. The van der Waals surface area contributed by atoms with Crippen LogP contribution in [0.1, 0.15) is 37.3 Å². The Balaban J connectivity index is 2.15. The first-order valence-electron chi connectivity index (χ1n) is 5.38. The minimum atomic E-state index is 0.544. The molecule has 0 aliphatic heterocycles. The highest BCUT2D eigenvalue weighted by Gasteiger charge is 2.26. The van der Waals surface area contributed by atoms with E-state index in [9.17, 15) is 0 Å². The van der Waals surface area contributed by atoms with E-state index in [0.717, 1.165) is 12.2 Å². The van der Waals surface area contributed by atoms with E-state index in [1.165, 1.54) is 25.7 Å². The van der Waals surface area contributed by atoms with Crippen LogP contribution in [0.5, 0.6) is 0 Å². The molecule has 2 N–H and O–H groups in total. The number of rotatable bonds is 2. The average Bonchev–Trinajstić information content (AvgIpc) is 2.30. The van der Waals surface area contributed by atoms with E-state index in [4.69, 9.17) is 5.73 Å². The molecular weight excluding hydrogens is 174 g/mol. The Morgan fingerprint density at radius 2 is 2.14 bits per heavy atom. The number of hydrogen-bond acceptors (Lipinski definition) is 3. The van der Waals surface area contributed by atoms with Crippen molar-refractivity contribution >= 4 is 0 Å². The molecule has 1 aromatic heterocycles. The maximum Gasteiger partial charge on any atom is 0.0620 e. The first kappa shape index (κ1) is 9.59. The Hall–Kier alpha value is -0.960. The van der Waals surface area contributed by atoms with Crippen LogP contribution in [0, 0.1) is 5.92 Å². The van der Waals surface area contributed by atoms with Crippen molar-refractivity contribution in [2.45, 2.75) is 31.6 Å². The standard InChI is InChI=1S/C11H17N3/c12-7-9-3-1-2-4-10(9)11-8-13-5-6-14-11/h5-6,8-10H,1-4,7,12H2. The lowest BCUT2D eigenvalue weighted by atomic mass is 9.77. The van der Waals surface area contributed by atoms with E-state index in [-0.39, 0.29) is 0 Å².